The highest BCUT2D eigenvalue weighted by atomic mass is 35.5. The van der Waals surface area contributed by atoms with E-state index in [4.69, 9.17) is 11.6 Å². The number of aryl methyl sites for hydroxylation is 1. The lowest BCUT2D eigenvalue weighted by Crippen LogP contribution is -2.36. The quantitative estimate of drug-likeness (QED) is 0.347. The second-order valence-corrected chi connectivity index (χ2v) is 9.83. The molecular weight excluding hydrogens is 591 g/mol. The third-order valence-electron chi connectivity index (χ3n) is 5.50. The van der Waals surface area contributed by atoms with Gasteiger partial charge in [0, 0.05) is 29.7 Å². The fourth-order valence-corrected chi connectivity index (χ4v) is 4.83. The molecule has 2 atom stereocenters. The number of nitrogens with zero attached hydrogens (tertiary/aromatic N) is 4. The van der Waals surface area contributed by atoms with Gasteiger partial charge in [-0.25, -0.2) is 9.36 Å². The van der Waals surface area contributed by atoms with E-state index in [2.05, 4.69) is 15.5 Å². The first kappa shape index (κ1) is 28.1. The number of alkyl halides is 11. The molecule has 0 saturated heterocycles. The summed E-state index contributed by atoms with van der Waals surface area (Å²) in [5.41, 5.74) is -5.21. The summed E-state index contributed by atoms with van der Waals surface area (Å²) >= 11 is 6.71. The van der Waals surface area contributed by atoms with Crippen LogP contribution in [0.2, 0.25) is 4.34 Å². The van der Waals surface area contributed by atoms with Crippen molar-refractivity contribution in [1.82, 2.24) is 24.9 Å². The molecule has 0 aromatic carbocycles. The van der Waals surface area contributed by atoms with Crippen LogP contribution in [-0.4, -0.2) is 43.9 Å². The average molecular weight is 602 g/mol. The highest BCUT2D eigenvalue weighted by Crippen LogP contribution is 2.49. The first-order valence-electron chi connectivity index (χ1n) is 10.0. The van der Waals surface area contributed by atoms with E-state index in [0.717, 1.165) is 18.5 Å². The number of hydrogen-bond acceptors (Lipinski definition) is 4. The molecule has 1 unspecified atom stereocenters. The van der Waals surface area contributed by atoms with Gasteiger partial charge in [-0.15, -0.1) is 11.3 Å². The van der Waals surface area contributed by atoms with Crippen LogP contribution in [-0.2, 0) is 19.1 Å². The Kier molecular flexibility index (Phi) is 6.53. The summed E-state index contributed by atoms with van der Waals surface area (Å²) in [6, 6.07) is -0.0365. The van der Waals surface area contributed by atoms with Crippen molar-refractivity contribution in [3.63, 3.8) is 0 Å². The summed E-state index contributed by atoms with van der Waals surface area (Å²) < 4.78 is 146. The number of rotatable bonds is 5. The van der Waals surface area contributed by atoms with Crippen molar-refractivity contribution in [2.45, 2.75) is 36.9 Å². The van der Waals surface area contributed by atoms with E-state index in [1.165, 1.54) is 0 Å². The lowest BCUT2D eigenvalue weighted by atomic mass is 10.1. The molecule has 1 saturated carbocycles. The van der Waals surface area contributed by atoms with Crippen LogP contribution < -0.4 is 5.32 Å². The van der Waals surface area contributed by atoms with E-state index in [0.29, 0.717) is 23.1 Å². The van der Waals surface area contributed by atoms with Crippen LogP contribution in [0.25, 0.3) is 16.3 Å². The van der Waals surface area contributed by atoms with Crippen molar-refractivity contribution in [3.8, 4) is 16.3 Å². The van der Waals surface area contributed by atoms with Crippen LogP contribution in [0.15, 0.2) is 18.5 Å². The summed E-state index contributed by atoms with van der Waals surface area (Å²) in [6.07, 6.45) is -15.1. The van der Waals surface area contributed by atoms with Crippen molar-refractivity contribution < 1.29 is 53.1 Å². The number of thiophene rings is 1. The Balaban J connectivity index is 1.67. The van der Waals surface area contributed by atoms with Crippen LogP contribution in [0, 0.1) is 5.92 Å². The van der Waals surface area contributed by atoms with Crippen LogP contribution in [0.3, 0.4) is 0 Å². The van der Waals surface area contributed by atoms with Gasteiger partial charge in [0.1, 0.15) is 9.90 Å². The Morgan fingerprint density at radius 1 is 1.11 bits per heavy atom. The van der Waals surface area contributed by atoms with E-state index < -0.39 is 59.4 Å². The van der Waals surface area contributed by atoms with Crippen LogP contribution in [0.4, 0.5) is 48.3 Å². The molecule has 1 aliphatic rings. The van der Waals surface area contributed by atoms with Crippen LogP contribution in [0.5, 0.6) is 0 Å². The number of halogens is 12. The number of amides is 1. The predicted octanol–water partition coefficient (Wildman–Crippen LogP) is 6.34. The predicted molar refractivity (Wildman–Crippen MR) is 109 cm³/mol. The van der Waals surface area contributed by atoms with E-state index in [1.54, 1.807) is 0 Å². The number of carbonyl (C=O) groups is 1. The Bertz CT molecular complexity index is 1380. The van der Waals surface area contributed by atoms with Gasteiger partial charge in [0.25, 0.3) is 5.91 Å². The van der Waals surface area contributed by atoms with E-state index in [1.807, 2.05) is 0 Å². The number of aromatic nitrogens is 4. The number of carbonyl (C=O) groups excluding carboxylic acids is 1. The zero-order valence-electron chi connectivity index (χ0n) is 18.2. The van der Waals surface area contributed by atoms with Crippen molar-refractivity contribution in [1.29, 1.82) is 0 Å². The molecule has 0 spiro atoms. The molecule has 4 rings (SSSR count). The Morgan fingerprint density at radius 3 is 2.26 bits per heavy atom. The lowest BCUT2D eigenvalue weighted by molar-refractivity contribution is -0.292. The summed E-state index contributed by atoms with van der Waals surface area (Å²) in [5, 5.41) is 8.56. The van der Waals surface area contributed by atoms with Gasteiger partial charge in [-0.2, -0.15) is 58.5 Å². The Hall–Kier alpha value is -2.89. The van der Waals surface area contributed by atoms with Gasteiger partial charge >= 0.3 is 24.5 Å². The van der Waals surface area contributed by atoms with Gasteiger partial charge in [-0.05, 0) is 12.5 Å². The maximum Gasteiger partial charge on any atom is 0.459 e. The minimum atomic E-state index is -6.38. The van der Waals surface area contributed by atoms with Gasteiger partial charge in [0.05, 0.1) is 17.7 Å². The maximum absolute atomic E-state index is 13.9. The number of nitrogens with one attached hydrogen (secondary N) is 1. The summed E-state index contributed by atoms with van der Waals surface area (Å²) in [4.78, 5) is 12.4. The molecule has 0 aliphatic heterocycles. The smallest absolute Gasteiger partial charge is 0.349 e. The topological polar surface area (TPSA) is 64.7 Å². The molecule has 3 aromatic rings. The monoisotopic (exact) mass is 601 g/mol. The fraction of sp³-hybridized carbons (Fsp3) is 0.421. The molecule has 0 bridgehead atoms. The van der Waals surface area contributed by atoms with Crippen molar-refractivity contribution in [2.75, 3.05) is 0 Å². The zero-order chi connectivity index (χ0) is 28.6. The first-order valence-corrected chi connectivity index (χ1v) is 11.2. The number of hydrogen-bond donors (Lipinski definition) is 1. The van der Waals surface area contributed by atoms with Crippen molar-refractivity contribution in [3.05, 3.63) is 39.6 Å². The third kappa shape index (κ3) is 4.94. The maximum atomic E-state index is 13.9. The summed E-state index contributed by atoms with van der Waals surface area (Å²) in [7, 11) is 0.707. The van der Waals surface area contributed by atoms with Crippen molar-refractivity contribution in [2.24, 2.45) is 13.0 Å². The molecule has 38 heavy (non-hydrogen) atoms. The molecule has 1 aliphatic carbocycles. The Morgan fingerprint density at radius 2 is 1.74 bits per heavy atom. The second-order valence-electron chi connectivity index (χ2n) is 8.18. The van der Waals surface area contributed by atoms with E-state index >= 15 is 0 Å². The minimum Gasteiger partial charge on any atom is -0.349 e. The molecule has 3 aromatic heterocycles. The summed E-state index contributed by atoms with van der Waals surface area (Å²) in [5.74, 6) is -9.85. The SMILES string of the molecule is Cn1nc(C(F)(F)C(F)(F)F)c(C(F)(F)F)c1-n1cc(-c2cc(C(=O)N[C@H]3CC3C(F)(F)F)c(Cl)s2)cn1. The van der Waals surface area contributed by atoms with Gasteiger partial charge in [-0.3, -0.25) is 4.79 Å². The normalized spacial score (nSPS) is 18.7. The molecule has 1 fully saturated rings. The molecule has 19 heteroatoms. The van der Waals surface area contributed by atoms with Crippen LogP contribution >= 0.6 is 22.9 Å². The van der Waals surface area contributed by atoms with Gasteiger partial charge < -0.3 is 5.32 Å². The summed E-state index contributed by atoms with van der Waals surface area (Å²) in [6.45, 7) is 0. The molecule has 6 nitrogen and oxygen atoms in total. The molecule has 1 N–H and O–H groups in total. The molecule has 0 radical (unpaired) electrons. The fourth-order valence-electron chi connectivity index (χ4n) is 3.59. The standard InChI is InChI=1S/C19H11ClF11N5OS/c1-35-15(11(18(26,27)28)12(34-35)16(21,22)19(29,30)31)36-5-6(4-32-36)10-2-7(13(20)38-10)14(37)33-9-3-8(9)17(23,24)25/h2,4-5,8-9H,3H2,1H3,(H,33,37)/t8?,9-/m0/s1. The van der Waals surface area contributed by atoms with Crippen molar-refractivity contribution >= 4 is 28.8 Å². The molecule has 208 valence electrons. The zero-order valence-corrected chi connectivity index (χ0v) is 19.8. The van der Waals surface area contributed by atoms with Gasteiger partial charge in [0.15, 0.2) is 11.5 Å². The van der Waals surface area contributed by atoms with E-state index in [-0.39, 0.29) is 31.4 Å². The third-order valence-corrected chi connectivity index (χ3v) is 6.90. The highest BCUT2D eigenvalue weighted by Gasteiger charge is 2.64. The second kappa shape index (κ2) is 8.82. The molecular formula is C19H11ClF11N5OS. The average Bonchev–Trinajstić information content (AvgIpc) is 3.08. The lowest BCUT2D eigenvalue weighted by Gasteiger charge is -2.19. The molecule has 3 heterocycles. The first-order chi connectivity index (χ1) is 17.2. The van der Waals surface area contributed by atoms with E-state index in [9.17, 15) is 53.1 Å². The Labute approximate surface area is 213 Å². The molecule has 1 amide bonds. The largest absolute Gasteiger partial charge is 0.459 e. The minimum absolute atomic E-state index is 0.0333. The van der Waals surface area contributed by atoms with Crippen LogP contribution in [0.1, 0.15) is 28.0 Å². The van der Waals surface area contributed by atoms with Gasteiger partial charge in [0.2, 0.25) is 0 Å². The van der Waals surface area contributed by atoms with Gasteiger partial charge in [-0.1, -0.05) is 11.6 Å². The highest BCUT2D eigenvalue weighted by molar-refractivity contribution is 7.19.